The fourth-order valence-corrected chi connectivity index (χ4v) is 3.36. The van der Waals surface area contributed by atoms with E-state index in [2.05, 4.69) is 10.4 Å². The van der Waals surface area contributed by atoms with E-state index in [9.17, 15) is 9.59 Å². The lowest BCUT2D eigenvalue weighted by Crippen LogP contribution is -2.34. The van der Waals surface area contributed by atoms with Crippen LogP contribution >= 0.6 is 0 Å². The van der Waals surface area contributed by atoms with Gasteiger partial charge in [0.2, 0.25) is 11.8 Å². The minimum absolute atomic E-state index is 0.00304. The maximum absolute atomic E-state index is 12.8. The van der Waals surface area contributed by atoms with Gasteiger partial charge in [-0.2, -0.15) is 5.10 Å². The Morgan fingerprint density at radius 3 is 2.52 bits per heavy atom. The zero-order valence-corrected chi connectivity index (χ0v) is 15.1. The zero-order valence-electron chi connectivity index (χ0n) is 15.1. The molecule has 6 heteroatoms. The standard InChI is InChI=1S/C19H24N4O2/c1-12-5-7-14(8-6-12)18-16(9-17(24)22(18)3)19(25)20-10-15-11-21-23(4)13(15)2/h5-8,11,16,18H,9-10H2,1-4H3,(H,20,25)/t16-,18-/m0/s1. The highest BCUT2D eigenvalue weighted by Gasteiger charge is 2.42. The van der Waals surface area contributed by atoms with E-state index in [-0.39, 0.29) is 30.2 Å². The molecule has 1 aliphatic rings. The quantitative estimate of drug-likeness (QED) is 0.924. The summed E-state index contributed by atoms with van der Waals surface area (Å²) in [6, 6.07) is 7.81. The Bertz CT molecular complexity index is 794. The van der Waals surface area contributed by atoms with Crippen LogP contribution < -0.4 is 5.32 Å². The third-order valence-electron chi connectivity index (χ3n) is 5.13. The second-order valence-corrected chi connectivity index (χ2v) is 6.77. The van der Waals surface area contributed by atoms with Crippen molar-refractivity contribution in [3.05, 3.63) is 52.8 Å². The van der Waals surface area contributed by atoms with Gasteiger partial charge in [0.05, 0.1) is 18.2 Å². The van der Waals surface area contributed by atoms with E-state index in [1.807, 2.05) is 45.2 Å². The Labute approximate surface area is 147 Å². The molecule has 2 atom stereocenters. The lowest BCUT2D eigenvalue weighted by atomic mass is 9.92. The Kier molecular flexibility index (Phi) is 4.61. The Morgan fingerprint density at radius 1 is 1.24 bits per heavy atom. The van der Waals surface area contributed by atoms with Crippen LogP contribution in [0.15, 0.2) is 30.5 Å². The van der Waals surface area contributed by atoms with Gasteiger partial charge in [-0.1, -0.05) is 29.8 Å². The van der Waals surface area contributed by atoms with Gasteiger partial charge in [0, 0.05) is 38.3 Å². The molecule has 2 amide bonds. The van der Waals surface area contributed by atoms with E-state index < -0.39 is 0 Å². The number of benzene rings is 1. The van der Waals surface area contributed by atoms with Gasteiger partial charge < -0.3 is 10.2 Å². The second kappa shape index (κ2) is 6.70. The van der Waals surface area contributed by atoms with Gasteiger partial charge in [0.25, 0.3) is 0 Å². The number of hydrogen-bond acceptors (Lipinski definition) is 3. The van der Waals surface area contributed by atoms with Gasteiger partial charge in [0.15, 0.2) is 0 Å². The van der Waals surface area contributed by atoms with Gasteiger partial charge in [-0.15, -0.1) is 0 Å². The summed E-state index contributed by atoms with van der Waals surface area (Å²) < 4.78 is 1.78. The first-order valence-corrected chi connectivity index (χ1v) is 8.46. The Balaban J connectivity index is 1.76. The molecule has 1 aromatic heterocycles. The van der Waals surface area contributed by atoms with Gasteiger partial charge in [-0.3, -0.25) is 14.3 Å². The largest absolute Gasteiger partial charge is 0.352 e. The molecule has 0 aliphatic carbocycles. The number of carbonyl (C=O) groups is 2. The second-order valence-electron chi connectivity index (χ2n) is 6.77. The highest BCUT2D eigenvalue weighted by molar-refractivity contribution is 5.90. The number of likely N-dealkylation sites (tertiary alicyclic amines) is 1. The average Bonchev–Trinajstić information content (AvgIpc) is 3.07. The predicted molar refractivity (Wildman–Crippen MR) is 94.6 cm³/mol. The molecule has 132 valence electrons. The van der Waals surface area contributed by atoms with E-state index >= 15 is 0 Å². The first-order chi connectivity index (χ1) is 11.9. The topological polar surface area (TPSA) is 67.2 Å². The fourth-order valence-electron chi connectivity index (χ4n) is 3.36. The van der Waals surface area contributed by atoms with Crippen LogP contribution in [0.4, 0.5) is 0 Å². The number of nitrogens with zero attached hydrogens (tertiary/aromatic N) is 3. The molecule has 0 bridgehead atoms. The molecule has 0 radical (unpaired) electrons. The molecule has 6 nitrogen and oxygen atoms in total. The van der Waals surface area contributed by atoms with Gasteiger partial charge in [-0.25, -0.2) is 0 Å². The summed E-state index contributed by atoms with van der Waals surface area (Å²) in [4.78, 5) is 26.6. The SMILES string of the molecule is Cc1ccc([C@H]2[C@@H](C(=O)NCc3cnn(C)c3C)CC(=O)N2C)cc1. The molecule has 1 N–H and O–H groups in total. The molecule has 2 aromatic rings. The van der Waals surface area contributed by atoms with Crippen LogP contribution in [0.25, 0.3) is 0 Å². The van der Waals surface area contributed by atoms with Crippen LogP contribution in [0.2, 0.25) is 0 Å². The first-order valence-electron chi connectivity index (χ1n) is 8.46. The van der Waals surface area contributed by atoms with Crippen LogP contribution in [0, 0.1) is 19.8 Å². The highest BCUT2D eigenvalue weighted by Crippen LogP contribution is 2.37. The molecule has 0 unspecified atom stereocenters. The summed E-state index contributed by atoms with van der Waals surface area (Å²) in [5.41, 5.74) is 4.16. The van der Waals surface area contributed by atoms with Gasteiger partial charge in [-0.05, 0) is 19.4 Å². The average molecular weight is 340 g/mol. The van der Waals surface area contributed by atoms with Crippen LogP contribution in [0.5, 0.6) is 0 Å². The lowest BCUT2D eigenvalue weighted by molar-refractivity contribution is -0.128. The van der Waals surface area contributed by atoms with Gasteiger partial charge in [0.1, 0.15) is 0 Å². The molecule has 0 saturated carbocycles. The molecule has 1 aliphatic heterocycles. The number of aromatic nitrogens is 2. The smallest absolute Gasteiger partial charge is 0.226 e. The summed E-state index contributed by atoms with van der Waals surface area (Å²) in [6.45, 7) is 4.41. The molecule has 0 spiro atoms. The van der Waals surface area contributed by atoms with Crippen molar-refractivity contribution in [3.63, 3.8) is 0 Å². The van der Waals surface area contributed by atoms with Crippen molar-refractivity contribution < 1.29 is 9.59 Å². The van der Waals surface area contributed by atoms with Crippen molar-refractivity contribution in [3.8, 4) is 0 Å². The maximum Gasteiger partial charge on any atom is 0.226 e. The molecule has 3 rings (SSSR count). The predicted octanol–water partition coefficient (Wildman–Crippen LogP) is 1.87. The molecule has 1 fully saturated rings. The number of nitrogens with one attached hydrogen (secondary N) is 1. The molecule has 25 heavy (non-hydrogen) atoms. The third kappa shape index (κ3) is 3.29. The maximum atomic E-state index is 12.8. The molecule has 1 saturated heterocycles. The number of rotatable bonds is 4. The van der Waals surface area contributed by atoms with E-state index in [0.717, 1.165) is 22.4 Å². The van der Waals surface area contributed by atoms with Crippen LogP contribution in [-0.2, 0) is 23.2 Å². The minimum atomic E-state index is -0.378. The molecular formula is C19H24N4O2. The lowest BCUT2D eigenvalue weighted by Gasteiger charge is -2.25. The Hall–Kier alpha value is -2.63. The van der Waals surface area contributed by atoms with E-state index in [4.69, 9.17) is 0 Å². The number of carbonyl (C=O) groups excluding carboxylic acids is 2. The van der Waals surface area contributed by atoms with Gasteiger partial charge >= 0.3 is 0 Å². The van der Waals surface area contributed by atoms with Crippen LogP contribution in [-0.4, -0.2) is 33.5 Å². The highest BCUT2D eigenvalue weighted by atomic mass is 16.2. The summed E-state index contributed by atoms with van der Waals surface area (Å²) in [5.74, 6) is -0.466. The zero-order chi connectivity index (χ0) is 18.1. The molecule has 1 aromatic carbocycles. The summed E-state index contributed by atoms with van der Waals surface area (Å²) in [5, 5.41) is 7.17. The molecule has 2 heterocycles. The Morgan fingerprint density at radius 2 is 1.92 bits per heavy atom. The van der Waals surface area contributed by atoms with Crippen LogP contribution in [0.3, 0.4) is 0 Å². The van der Waals surface area contributed by atoms with Crippen molar-refractivity contribution in [2.75, 3.05) is 7.05 Å². The normalized spacial score (nSPS) is 20.2. The number of hydrogen-bond donors (Lipinski definition) is 1. The fraction of sp³-hybridized carbons (Fsp3) is 0.421. The van der Waals surface area contributed by atoms with Crippen LogP contribution in [0.1, 0.15) is 34.8 Å². The number of amides is 2. The summed E-state index contributed by atoms with van der Waals surface area (Å²) >= 11 is 0. The number of aryl methyl sites for hydroxylation is 2. The van der Waals surface area contributed by atoms with Crippen molar-refractivity contribution in [2.45, 2.75) is 32.9 Å². The van der Waals surface area contributed by atoms with Crippen molar-refractivity contribution in [2.24, 2.45) is 13.0 Å². The summed E-state index contributed by atoms with van der Waals surface area (Å²) in [7, 11) is 3.64. The monoisotopic (exact) mass is 340 g/mol. The molecular weight excluding hydrogens is 316 g/mol. The summed E-state index contributed by atoms with van der Waals surface area (Å²) in [6.07, 6.45) is 2.01. The third-order valence-corrected chi connectivity index (χ3v) is 5.13. The van der Waals surface area contributed by atoms with Crippen molar-refractivity contribution in [1.29, 1.82) is 0 Å². The van der Waals surface area contributed by atoms with E-state index in [1.165, 1.54) is 0 Å². The first kappa shape index (κ1) is 17.2. The van der Waals surface area contributed by atoms with Crippen molar-refractivity contribution in [1.82, 2.24) is 20.0 Å². The minimum Gasteiger partial charge on any atom is -0.352 e. The van der Waals surface area contributed by atoms with E-state index in [0.29, 0.717) is 6.54 Å². The van der Waals surface area contributed by atoms with Crippen molar-refractivity contribution >= 4 is 11.8 Å². The van der Waals surface area contributed by atoms with E-state index in [1.54, 1.807) is 22.8 Å².